The van der Waals surface area contributed by atoms with E-state index in [0.29, 0.717) is 42.0 Å². The predicted molar refractivity (Wildman–Crippen MR) is 121 cm³/mol. The van der Waals surface area contributed by atoms with Crippen LogP contribution in [-0.2, 0) is 19.6 Å². The molecule has 10 heteroatoms. The number of anilines is 2. The normalized spacial score (nSPS) is 19.4. The van der Waals surface area contributed by atoms with Crippen LogP contribution in [0.3, 0.4) is 0 Å². The van der Waals surface area contributed by atoms with E-state index in [9.17, 15) is 22.4 Å². The monoisotopic (exact) mass is 475 g/mol. The van der Waals surface area contributed by atoms with Gasteiger partial charge in [-0.3, -0.25) is 9.59 Å². The molecule has 2 aromatic rings. The summed E-state index contributed by atoms with van der Waals surface area (Å²) in [5.74, 6) is -0.851. The molecule has 0 bridgehead atoms. The third-order valence-corrected chi connectivity index (χ3v) is 8.06. The number of aryl methyl sites for hydroxylation is 1. The molecule has 0 saturated carbocycles. The number of ether oxygens (including phenoxy) is 1. The highest BCUT2D eigenvalue weighted by atomic mass is 32.2. The summed E-state index contributed by atoms with van der Waals surface area (Å²) < 4.78 is 46.8. The highest BCUT2D eigenvalue weighted by Crippen LogP contribution is 2.36. The number of fused-ring (bicyclic) bond motifs is 1. The Morgan fingerprint density at radius 1 is 1.21 bits per heavy atom. The maximum atomic E-state index is 13.4. The Morgan fingerprint density at radius 3 is 2.52 bits per heavy atom. The molecule has 4 rings (SSSR count). The van der Waals surface area contributed by atoms with E-state index in [0.717, 1.165) is 0 Å². The topological polar surface area (TPSA) is 105 Å². The Morgan fingerprint density at radius 2 is 1.88 bits per heavy atom. The minimum atomic E-state index is -3.81. The Labute approximate surface area is 192 Å². The standard InChI is InChI=1S/C23H26FN3O5S/c1-3-19-23(29)26-18-12-14(2)21(13-20(18)32-19)33(30,31)27-10-8-15(9-11-27)22(28)25-17-6-4-16(24)5-7-17/h4-7,12-13,15,19H,3,8-11H2,1-2H3,(H,25,28)(H,26,29). The molecule has 2 N–H and O–H groups in total. The van der Waals surface area contributed by atoms with Crippen molar-refractivity contribution in [3.8, 4) is 5.75 Å². The van der Waals surface area contributed by atoms with Crippen molar-refractivity contribution >= 4 is 33.2 Å². The molecule has 1 fully saturated rings. The summed E-state index contributed by atoms with van der Waals surface area (Å²) in [6, 6.07) is 8.58. The third kappa shape index (κ3) is 4.72. The molecule has 176 valence electrons. The zero-order valence-electron chi connectivity index (χ0n) is 18.4. The summed E-state index contributed by atoms with van der Waals surface area (Å²) in [5, 5.41) is 5.52. The quantitative estimate of drug-likeness (QED) is 0.691. The van der Waals surface area contributed by atoms with Crippen molar-refractivity contribution in [3.63, 3.8) is 0 Å². The van der Waals surface area contributed by atoms with Crippen molar-refractivity contribution < 1.29 is 27.1 Å². The van der Waals surface area contributed by atoms with E-state index in [1.54, 1.807) is 13.0 Å². The van der Waals surface area contributed by atoms with Crippen LogP contribution >= 0.6 is 0 Å². The molecule has 0 aliphatic carbocycles. The number of piperidine rings is 1. The molecule has 1 saturated heterocycles. The number of hydrogen-bond acceptors (Lipinski definition) is 5. The highest BCUT2D eigenvalue weighted by Gasteiger charge is 2.35. The van der Waals surface area contributed by atoms with E-state index >= 15 is 0 Å². The predicted octanol–water partition coefficient (Wildman–Crippen LogP) is 3.28. The summed E-state index contributed by atoms with van der Waals surface area (Å²) in [5.41, 5.74) is 1.46. The third-order valence-electron chi connectivity index (χ3n) is 6.02. The lowest BCUT2D eigenvalue weighted by molar-refractivity contribution is -0.123. The molecular weight excluding hydrogens is 449 g/mol. The fraction of sp³-hybridized carbons (Fsp3) is 0.391. The Balaban J connectivity index is 1.45. The maximum absolute atomic E-state index is 13.4. The van der Waals surface area contributed by atoms with Crippen molar-refractivity contribution in [2.24, 2.45) is 5.92 Å². The van der Waals surface area contributed by atoms with Gasteiger partial charge in [-0.15, -0.1) is 0 Å². The van der Waals surface area contributed by atoms with Crippen LogP contribution in [0.2, 0.25) is 0 Å². The van der Waals surface area contributed by atoms with Crippen LogP contribution in [0, 0.1) is 18.7 Å². The number of nitrogens with zero attached hydrogens (tertiary/aromatic N) is 1. The Kier molecular flexibility index (Phi) is 6.40. The molecule has 0 aromatic heterocycles. The second kappa shape index (κ2) is 9.11. The summed E-state index contributed by atoms with van der Waals surface area (Å²) in [6.07, 6.45) is 0.557. The number of halogens is 1. The van der Waals surface area contributed by atoms with Crippen molar-refractivity contribution in [2.75, 3.05) is 23.7 Å². The average molecular weight is 476 g/mol. The first-order valence-corrected chi connectivity index (χ1v) is 12.3. The van der Waals surface area contributed by atoms with Crippen LogP contribution in [0.4, 0.5) is 15.8 Å². The van der Waals surface area contributed by atoms with Crippen LogP contribution in [0.5, 0.6) is 5.75 Å². The SMILES string of the molecule is CCC1Oc2cc(S(=O)(=O)N3CCC(C(=O)Nc4ccc(F)cc4)CC3)c(C)cc2NC1=O. The number of benzene rings is 2. The van der Waals surface area contributed by atoms with Gasteiger partial charge in [-0.05, 0) is 62.1 Å². The van der Waals surface area contributed by atoms with E-state index in [4.69, 9.17) is 4.74 Å². The fourth-order valence-electron chi connectivity index (χ4n) is 4.11. The van der Waals surface area contributed by atoms with Gasteiger partial charge in [0.1, 0.15) is 11.6 Å². The molecular formula is C23H26FN3O5S. The molecule has 0 radical (unpaired) electrons. The van der Waals surface area contributed by atoms with Crippen LogP contribution in [-0.4, -0.2) is 43.7 Å². The van der Waals surface area contributed by atoms with E-state index in [1.165, 1.54) is 34.6 Å². The zero-order valence-corrected chi connectivity index (χ0v) is 19.2. The van der Waals surface area contributed by atoms with Gasteiger partial charge < -0.3 is 15.4 Å². The van der Waals surface area contributed by atoms with Gasteiger partial charge in [0.15, 0.2) is 6.10 Å². The molecule has 2 aliphatic heterocycles. The molecule has 33 heavy (non-hydrogen) atoms. The first kappa shape index (κ1) is 23.2. The average Bonchev–Trinajstić information content (AvgIpc) is 2.79. The first-order chi connectivity index (χ1) is 15.7. The number of sulfonamides is 1. The van der Waals surface area contributed by atoms with Gasteiger partial charge in [0, 0.05) is 30.8 Å². The summed E-state index contributed by atoms with van der Waals surface area (Å²) in [7, 11) is -3.81. The Hall–Kier alpha value is -2.98. The number of amides is 2. The number of hydrogen-bond donors (Lipinski definition) is 2. The van der Waals surface area contributed by atoms with Crippen LogP contribution in [0.1, 0.15) is 31.7 Å². The molecule has 8 nitrogen and oxygen atoms in total. The second-order valence-electron chi connectivity index (χ2n) is 8.29. The van der Waals surface area contributed by atoms with Gasteiger partial charge in [0.05, 0.1) is 10.6 Å². The fourth-order valence-corrected chi connectivity index (χ4v) is 5.80. The number of rotatable bonds is 5. The van der Waals surface area contributed by atoms with Gasteiger partial charge >= 0.3 is 0 Å². The highest BCUT2D eigenvalue weighted by molar-refractivity contribution is 7.89. The molecule has 2 aliphatic rings. The molecule has 0 spiro atoms. The Bertz CT molecular complexity index is 1180. The first-order valence-electron chi connectivity index (χ1n) is 10.9. The smallest absolute Gasteiger partial charge is 0.265 e. The molecule has 1 unspecified atom stereocenters. The molecule has 1 atom stereocenters. The summed E-state index contributed by atoms with van der Waals surface area (Å²) in [4.78, 5) is 24.7. The van der Waals surface area contributed by atoms with Crippen molar-refractivity contribution in [2.45, 2.75) is 44.1 Å². The zero-order chi connectivity index (χ0) is 23.8. The molecule has 2 amide bonds. The van der Waals surface area contributed by atoms with Gasteiger partial charge in [-0.2, -0.15) is 4.31 Å². The minimum Gasteiger partial charge on any atom is -0.478 e. The summed E-state index contributed by atoms with van der Waals surface area (Å²) in [6.45, 7) is 3.90. The van der Waals surface area contributed by atoms with Crippen molar-refractivity contribution in [1.82, 2.24) is 4.31 Å². The van der Waals surface area contributed by atoms with Gasteiger partial charge in [-0.25, -0.2) is 12.8 Å². The van der Waals surface area contributed by atoms with Gasteiger partial charge in [0.2, 0.25) is 15.9 Å². The van der Waals surface area contributed by atoms with E-state index in [1.807, 2.05) is 6.92 Å². The number of carbonyl (C=O) groups excluding carboxylic acids is 2. The van der Waals surface area contributed by atoms with E-state index in [2.05, 4.69) is 10.6 Å². The summed E-state index contributed by atoms with van der Waals surface area (Å²) >= 11 is 0. The lowest BCUT2D eigenvalue weighted by Gasteiger charge is -2.32. The van der Waals surface area contributed by atoms with Crippen LogP contribution in [0.25, 0.3) is 0 Å². The molecule has 2 heterocycles. The van der Waals surface area contributed by atoms with Crippen molar-refractivity contribution in [3.05, 3.63) is 47.8 Å². The number of nitrogens with one attached hydrogen (secondary N) is 2. The minimum absolute atomic E-state index is 0.126. The van der Waals surface area contributed by atoms with Crippen molar-refractivity contribution in [1.29, 1.82) is 0 Å². The van der Waals surface area contributed by atoms with E-state index in [-0.39, 0.29) is 41.5 Å². The van der Waals surface area contributed by atoms with Crippen LogP contribution < -0.4 is 15.4 Å². The lowest BCUT2D eigenvalue weighted by atomic mass is 9.97. The van der Waals surface area contributed by atoms with Crippen LogP contribution in [0.15, 0.2) is 41.3 Å². The van der Waals surface area contributed by atoms with E-state index < -0.39 is 16.1 Å². The maximum Gasteiger partial charge on any atom is 0.265 e. The number of carbonyl (C=O) groups is 2. The van der Waals surface area contributed by atoms with Gasteiger partial charge in [0.25, 0.3) is 5.91 Å². The molecule has 2 aromatic carbocycles. The largest absolute Gasteiger partial charge is 0.478 e. The lowest BCUT2D eigenvalue weighted by Crippen LogP contribution is -2.41. The second-order valence-corrected chi connectivity index (χ2v) is 10.2. The van der Waals surface area contributed by atoms with Gasteiger partial charge in [-0.1, -0.05) is 6.92 Å².